The van der Waals surface area contributed by atoms with Crippen LogP contribution in [0.2, 0.25) is 0 Å². The number of hydrogen-bond acceptors (Lipinski definition) is 7. The molecule has 5 heterocycles. The largest absolute Gasteiger partial charge is 0.434 e. The Morgan fingerprint density at radius 3 is 2.59 bits per heavy atom. The summed E-state index contributed by atoms with van der Waals surface area (Å²) in [5.41, 5.74) is 5.10. The molecular formula is C28H26F2N6O3. The number of rotatable bonds is 4. The van der Waals surface area contributed by atoms with E-state index in [-0.39, 0.29) is 29.7 Å². The Morgan fingerprint density at radius 2 is 1.85 bits per heavy atom. The second-order valence-corrected chi connectivity index (χ2v) is 10.4. The smallest absolute Gasteiger partial charge is 0.387 e. The number of nitrogens with zero attached hydrogens (tertiary/aromatic N) is 6. The molecule has 39 heavy (non-hydrogen) atoms. The van der Waals surface area contributed by atoms with Gasteiger partial charge in [0.15, 0.2) is 0 Å². The van der Waals surface area contributed by atoms with Crippen LogP contribution in [0.15, 0.2) is 48.9 Å². The van der Waals surface area contributed by atoms with Crippen LogP contribution in [0, 0.1) is 0 Å². The van der Waals surface area contributed by atoms with Gasteiger partial charge in [0.25, 0.3) is 5.91 Å². The molecule has 2 unspecified atom stereocenters. The van der Waals surface area contributed by atoms with E-state index in [0.717, 1.165) is 27.9 Å². The molecule has 4 aromatic rings. The standard InChI is InChI=1S/C28H26F2N6O3/c1-34-21-12-19(23-18(26(34)38)3-2-4-22(23)39-27(29)30)24-20-11-15(5-10-36(20)33-25(21)24)16-13-31-28(32-14-16)35-8-6-17(37)7-9-35/h2-5,10-11,13-14,17,19,21,27,37H,6-9,12H2,1H3. The summed E-state index contributed by atoms with van der Waals surface area (Å²) in [5, 5.41) is 14.6. The molecule has 0 spiro atoms. The molecule has 1 amide bonds. The van der Waals surface area contributed by atoms with Crippen molar-refractivity contribution in [3.8, 4) is 16.9 Å². The summed E-state index contributed by atoms with van der Waals surface area (Å²) in [6.07, 6.45) is 7.11. The van der Waals surface area contributed by atoms with Gasteiger partial charge in [-0.3, -0.25) is 4.79 Å². The number of fused-ring (bicyclic) bond motifs is 9. The number of benzene rings is 1. The summed E-state index contributed by atoms with van der Waals surface area (Å²) in [6.45, 7) is -1.57. The zero-order chi connectivity index (χ0) is 26.8. The molecule has 1 fully saturated rings. The molecule has 1 aliphatic carbocycles. The number of anilines is 1. The lowest BCUT2D eigenvalue weighted by atomic mass is 9.88. The normalized spacial score (nSPS) is 20.9. The quantitative estimate of drug-likeness (QED) is 0.424. The molecule has 7 rings (SSSR count). The Labute approximate surface area is 222 Å². The van der Waals surface area contributed by atoms with Crippen molar-refractivity contribution < 1.29 is 23.4 Å². The first-order valence-electron chi connectivity index (χ1n) is 13.0. The SMILES string of the molecule is CN1C(=O)c2cccc(OC(F)F)c2C2CC1c1nn3ccc(-c4cnc(N5CCC(O)CC5)nc4)cc3c12. The number of alkyl halides is 2. The number of aliphatic hydroxyl groups excluding tert-OH is 1. The van der Waals surface area contributed by atoms with Crippen LogP contribution >= 0.6 is 0 Å². The molecule has 3 aliphatic rings. The fourth-order valence-electron chi connectivity index (χ4n) is 6.24. The first kappa shape index (κ1) is 24.0. The molecule has 1 aromatic carbocycles. The highest BCUT2D eigenvalue weighted by Crippen LogP contribution is 2.53. The van der Waals surface area contributed by atoms with Gasteiger partial charge in [-0.1, -0.05) is 6.07 Å². The van der Waals surface area contributed by atoms with E-state index in [0.29, 0.717) is 49.4 Å². The number of piperidine rings is 1. The first-order chi connectivity index (χ1) is 18.9. The molecule has 200 valence electrons. The van der Waals surface area contributed by atoms with E-state index in [1.54, 1.807) is 41.0 Å². The highest BCUT2D eigenvalue weighted by Gasteiger charge is 2.46. The number of aliphatic hydroxyl groups is 1. The third-order valence-electron chi connectivity index (χ3n) is 8.19. The second-order valence-electron chi connectivity index (χ2n) is 10.4. The van der Waals surface area contributed by atoms with Crippen molar-refractivity contribution in [3.05, 3.63) is 71.3 Å². The molecule has 9 nitrogen and oxygen atoms in total. The van der Waals surface area contributed by atoms with Crippen LogP contribution in [-0.4, -0.2) is 68.3 Å². The Morgan fingerprint density at radius 1 is 1.08 bits per heavy atom. The average Bonchev–Trinajstić information content (AvgIpc) is 3.46. The summed E-state index contributed by atoms with van der Waals surface area (Å²) >= 11 is 0. The number of aromatic nitrogens is 4. The Kier molecular flexibility index (Phi) is 5.51. The molecule has 2 bridgehead atoms. The van der Waals surface area contributed by atoms with E-state index in [4.69, 9.17) is 9.84 Å². The zero-order valence-electron chi connectivity index (χ0n) is 21.2. The molecule has 2 aliphatic heterocycles. The maximum absolute atomic E-state index is 13.3. The fraction of sp³-hybridized carbons (Fsp3) is 0.357. The first-order valence-corrected chi connectivity index (χ1v) is 13.0. The van der Waals surface area contributed by atoms with E-state index in [9.17, 15) is 18.7 Å². The van der Waals surface area contributed by atoms with Crippen LogP contribution in [0.1, 0.15) is 58.4 Å². The van der Waals surface area contributed by atoms with Crippen LogP contribution in [0.3, 0.4) is 0 Å². The minimum Gasteiger partial charge on any atom is -0.434 e. The lowest BCUT2D eigenvalue weighted by Gasteiger charge is -2.29. The number of carbonyl (C=O) groups is 1. The van der Waals surface area contributed by atoms with Gasteiger partial charge in [0, 0.05) is 66.9 Å². The van der Waals surface area contributed by atoms with Crippen molar-refractivity contribution in [2.45, 2.75) is 43.9 Å². The molecule has 1 N–H and O–H groups in total. The minimum atomic E-state index is -3.00. The van der Waals surface area contributed by atoms with Crippen molar-refractivity contribution in [2.75, 3.05) is 25.0 Å². The zero-order valence-corrected chi connectivity index (χ0v) is 21.2. The van der Waals surface area contributed by atoms with Crippen LogP contribution in [0.4, 0.5) is 14.7 Å². The maximum atomic E-state index is 13.3. The van der Waals surface area contributed by atoms with Gasteiger partial charge in [-0.05, 0) is 49.1 Å². The van der Waals surface area contributed by atoms with E-state index in [1.807, 2.05) is 18.3 Å². The van der Waals surface area contributed by atoms with Crippen molar-refractivity contribution in [1.82, 2.24) is 24.5 Å². The summed E-state index contributed by atoms with van der Waals surface area (Å²) in [6, 6.07) is 8.41. The van der Waals surface area contributed by atoms with Gasteiger partial charge in [0.1, 0.15) is 5.75 Å². The summed E-state index contributed by atoms with van der Waals surface area (Å²) in [5.74, 6) is 0.0936. The molecule has 0 radical (unpaired) electrons. The third-order valence-corrected chi connectivity index (χ3v) is 8.19. The van der Waals surface area contributed by atoms with E-state index >= 15 is 0 Å². The molecule has 11 heteroatoms. The average molecular weight is 533 g/mol. The van der Waals surface area contributed by atoms with Crippen molar-refractivity contribution >= 4 is 17.4 Å². The maximum Gasteiger partial charge on any atom is 0.387 e. The van der Waals surface area contributed by atoms with E-state index in [2.05, 4.69) is 14.9 Å². The van der Waals surface area contributed by atoms with Crippen molar-refractivity contribution in [3.63, 3.8) is 0 Å². The van der Waals surface area contributed by atoms with Crippen LogP contribution in [0.5, 0.6) is 5.75 Å². The van der Waals surface area contributed by atoms with Gasteiger partial charge in [-0.2, -0.15) is 13.9 Å². The number of carbonyl (C=O) groups excluding carboxylic acids is 1. The van der Waals surface area contributed by atoms with Gasteiger partial charge >= 0.3 is 6.61 Å². The number of hydrogen-bond donors (Lipinski definition) is 1. The minimum absolute atomic E-state index is 0.0208. The lowest BCUT2D eigenvalue weighted by Crippen LogP contribution is -2.36. The van der Waals surface area contributed by atoms with Crippen LogP contribution in [0.25, 0.3) is 16.6 Å². The number of halogens is 2. The molecule has 3 aromatic heterocycles. The fourth-order valence-corrected chi connectivity index (χ4v) is 6.24. The van der Waals surface area contributed by atoms with E-state index in [1.165, 1.54) is 6.07 Å². The predicted octanol–water partition coefficient (Wildman–Crippen LogP) is 4.02. The van der Waals surface area contributed by atoms with Gasteiger partial charge in [-0.25, -0.2) is 14.5 Å². The Bertz CT molecular complexity index is 1580. The molecule has 2 atom stereocenters. The van der Waals surface area contributed by atoms with Crippen molar-refractivity contribution in [2.24, 2.45) is 0 Å². The highest BCUT2D eigenvalue weighted by atomic mass is 19.3. The van der Waals surface area contributed by atoms with Gasteiger partial charge < -0.3 is 19.6 Å². The number of ether oxygens (including phenoxy) is 1. The van der Waals surface area contributed by atoms with Crippen molar-refractivity contribution in [1.29, 1.82) is 0 Å². The highest BCUT2D eigenvalue weighted by molar-refractivity contribution is 5.98. The predicted molar refractivity (Wildman–Crippen MR) is 138 cm³/mol. The van der Waals surface area contributed by atoms with Gasteiger partial charge in [-0.15, -0.1) is 0 Å². The Hall–Kier alpha value is -4.12. The monoisotopic (exact) mass is 532 g/mol. The van der Waals surface area contributed by atoms with Crippen LogP contribution in [-0.2, 0) is 0 Å². The topological polar surface area (TPSA) is 96.1 Å². The summed E-state index contributed by atoms with van der Waals surface area (Å²) in [7, 11) is 1.73. The number of amides is 1. The molecular weight excluding hydrogens is 506 g/mol. The van der Waals surface area contributed by atoms with Gasteiger partial charge in [0.2, 0.25) is 5.95 Å². The Balaban J connectivity index is 1.31. The molecule has 1 saturated heterocycles. The number of pyridine rings is 1. The summed E-state index contributed by atoms with van der Waals surface area (Å²) < 4.78 is 33.4. The van der Waals surface area contributed by atoms with E-state index < -0.39 is 6.61 Å². The van der Waals surface area contributed by atoms with Crippen LogP contribution < -0.4 is 9.64 Å². The third kappa shape index (κ3) is 3.82. The van der Waals surface area contributed by atoms with Gasteiger partial charge in [0.05, 0.1) is 23.4 Å². The summed E-state index contributed by atoms with van der Waals surface area (Å²) in [4.78, 5) is 26.2. The second kappa shape index (κ2) is 8.98. The molecule has 0 saturated carbocycles. The lowest BCUT2D eigenvalue weighted by molar-refractivity contribution is -0.0505.